The van der Waals surface area contributed by atoms with Crippen LogP contribution in [0.3, 0.4) is 0 Å². The highest BCUT2D eigenvalue weighted by Gasteiger charge is 2.28. The monoisotopic (exact) mass is 313 g/mol. The number of rotatable bonds is 4. The molecule has 7 nitrogen and oxygen atoms in total. The first-order valence-corrected chi connectivity index (χ1v) is 7.80. The molecule has 1 atom stereocenters. The zero-order valence-corrected chi connectivity index (χ0v) is 13.3. The summed E-state index contributed by atoms with van der Waals surface area (Å²) in [4.78, 5) is 2.36. The third kappa shape index (κ3) is 2.68. The van der Waals surface area contributed by atoms with Crippen LogP contribution in [0, 0.1) is 6.92 Å². The van der Waals surface area contributed by atoms with E-state index in [0.29, 0.717) is 30.1 Å². The van der Waals surface area contributed by atoms with Gasteiger partial charge in [-0.15, -0.1) is 10.2 Å². The molecule has 1 aliphatic rings. The summed E-state index contributed by atoms with van der Waals surface area (Å²) >= 11 is 0. The highest BCUT2D eigenvalue weighted by Crippen LogP contribution is 2.33. The van der Waals surface area contributed by atoms with Gasteiger partial charge in [0.05, 0.1) is 19.0 Å². The fourth-order valence-corrected chi connectivity index (χ4v) is 3.18. The van der Waals surface area contributed by atoms with Crippen molar-refractivity contribution in [3.63, 3.8) is 0 Å². The average molecular weight is 313 g/mol. The number of likely N-dealkylation sites (tertiary alicyclic amines) is 1. The minimum atomic E-state index is 0.365. The first-order valence-electron chi connectivity index (χ1n) is 7.80. The van der Waals surface area contributed by atoms with E-state index in [-0.39, 0.29) is 0 Å². The maximum absolute atomic E-state index is 5.78. The second-order valence-corrected chi connectivity index (χ2v) is 6.01. The third-order valence-electron chi connectivity index (χ3n) is 4.33. The molecular formula is C16H19N5O2. The summed E-state index contributed by atoms with van der Waals surface area (Å²) in [5.41, 5.74) is 2.24. The van der Waals surface area contributed by atoms with Crippen LogP contribution in [-0.2, 0) is 13.6 Å². The fourth-order valence-electron chi connectivity index (χ4n) is 3.18. The van der Waals surface area contributed by atoms with Gasteiger partial charge in [-0.3, -0.25) is 9.58 Å². The molecule has 3 aromatic heterocycles. The lowest BCUT2D eigenvalue weighted by molar-refractivity contribution is 0.224. The van der Waals surface area contributed by atoms with Crippen LogP contribution >= 0.6 is 0 Å². The summed E-state index contributed by atoms with van der Waals surface area (Å²) in [6.45, 7) is 3.63. The zero-order chi connectivity index (χ0) is 15.8. The van der Waals surface area contributed by atoms with Gasteiger partial charge in [-0.05, 0) is 32.4 Å². The lowest BCUT2D eigenvalue weighted by Gasteiger charge is -2.21. The van der Waals surface area contributed by atoms with Crippen LogP contribution in [-0.4, -0.2) is 31.4 Å². The quantitative estimate of drug-likeness (QED) is 0.737. The lowest BCUT2D eigenvalue weighted by Crippen LogP contribution is -2.22. The SMILES string of the molecule is Cc1ccoc1-c1nnc(CN2CCCC2c2cnn(C)c2)o1. The van der Waals surface area contributed by atoms with Gasteiger partial charge in [-0.2, -0.15) is 5.10 Å². The molecule has 120 valence electrons. The van der Waals surface area contributed by atoms with Gasteiger partial charge in [-0.1, -0.05) is 0 Å². The molecule has 0 bridgehead atoms. The Morgan fingerprint density at radius 2 is 2.26 bits per heavy atom. The maximum Gasteiger partial charge on any atom is 0.283 e. The molecule has 3 aromatic rings. The Morgan fingerprint density at radius 3 is 3.00 bits per heavy atom. The van der Waals surface area contributed by atoms with Gasteiger partial charge in [0.2, 0.25) is 5.89 Å². The number of furan rings is 1. The highest BCUT2D eigenvalue weighted by molar-refractivity contribution is 5.49. The molecule has 1 fully saturated rings. The van der Waals surface area contributed by atoms with Crippen LogP contribution in [0.25, 0.3) is 11.7 Å². The number of hydrogen-bond acceptors (Lipinski definition) is 6. The first-order chi connectivity index (χ1) is 11.2. The van der Waals surface area contributed by atoms with Gasteiger partial charge in [0.1, 0.15) is 0 Å². The summed E-state index contributed by atoms with van der Waals surface area (Å²) in [6.07, 6.45) is 7.94. The summed E-state index contributed by atoms with van der Waals surface area (Å²) in [5, 5.41) is 12.6. The third-order valence-corrected chi connectivity index (χ3v) is 4.33. The van der Waals surface area contributed by atoms with Crippen LogP contribution < -0.4 is 0 Å². The van der Waals surface area contributed by atoms with Crippen molar-refractivity contribution in [1.82, 2.24) is 24.9 Å². The van der Waals surface area contributed by atoms with E-state index in [9.17, 15) is 0 Å². The van der Waals surface area contributed by atoms with E-state index >= 15 is 0 Å². The number of hydrogen-bond donors (Lipinski definition) is 0. The van der Waals surface area contributed by atoms with E-state index in [1.165, 1.54) is 5.56 Å². The van der Waals surface area contributed by atoms with Gasteiger partial charge in [0.15, 0.2) is 5.76 Å². The van der Waals surface area contributed by atoms with E-state index in [1.807, 2.05) is 30.9 Å². The Bertz CT molecular complexity index is 803. The van der Waals surface area contributed by atoms with Crippen molar-refractivity contribution in [3.8, 4) is 11.7 Å². The van der Waals surface area contributed by atoms with Gasteiger partial charge < -0.3 is 8.83 Å². The lowest BCUT2D eigenvalue weighted by atomic mass is 10.1. The molecule has 1 saturated heterocycles. The Morgan fingerprint density at radius 1 is 1.35 bits per heavy atom. The molecular weight excluding hydrogens is 294 g/mol. The predicted molar refractivity (Wildman–Crippen MR) is 82.3 cm³/mol. The summed E-state index contributed by atoms with van der Waals surface area (Å²) in [5.74, 6) is 1.71. The van der Waals surface area contributed by atoms with Crippen molar-refractivity contribution in [1.29, 1.82) is 0 Å². The second-order valence-electron chi connectivity index (χ2n) is 6.01. The molecule has 0 amide bonds. The van der Waals surface area contributed by atoms with Gasteiger partial charge in [-0.25, -0.2) is 0 Å². The van der Waals surface area contributed by atoms with Gasteiger partial charge >= 0.3 is 0 Å². The minimum Gasteiger partial charge on any atom is -0.459 e. The van der Waals surface area contributed by atoms with Gasteiger partial charge in [0, 0.05) is 30.4 Å². The average Bonchev–Trinajstić information content (AvgIpc) is 3.27. The predicted octanol–water partition coefficient (Wildman–Crippen LogP) is 2.71. The van der Waals surface area contributed by atoms with Crippen molar-refractivity contribution >= 4 is 0 Å². The van der Waals surface area contributed by atoms with Crippen LogP contribution in [0.4, 0.5) is 0 Å². The van der Waals surface area contributed by atoms with Crippen LogP contribution in [0.1, 0.15) is 35.9 Å². The van der Waals surface area contributed by atoms with Crippen LogP contribution in [0.5, 0.6) is 0 Å². The number of aromatic nitrogens is 4. The molecule has 0 N–H and O–H groups in total. The topological polar surface area (TPSA) is 73.1 Å². The molecule has 0 spiro atoms. The van der Waals surface area contributed by atoms with E-state index in [4.69, 9.17) is 8.83 Å². The highest BCUT2D eigenvalue weighted by atomic mass is 16.4. The van der Waals surface area contributed by atoms with Crippen molar-refractivity contribution < 1.29 is 8.83 Å². The van der Waals surface area contributed by atoms with Crippen molar-refractivity contribution in [2.24, 2.45) is 7.05 Å². The summed E-state index contributed by atoms with van der Waals surface area (Å²) < 4.78 is 13.0. The Hall–Kier alpha value is -2.41. The smallest absolute Gasteiger partial charge is 0.283 e. The molecule has 0 saturated carbocycles. The summed E-state index contributed by atoms with van der Waals surface area (Å²) in [7, 11) is 1.94. The molecule has 23 heavy (non-hydrogen) atoms. The molecule has 0 aromatic carbocycles. The Labute approximate surface area is 133 Å². The maximum atomic E-state index is 5.78. The first kappa shape index (κ1) is 14.2. The molecule has 1 aliphatic heterocycles. The van der Waals surface area contributed by atoms with E-state index in [2.05, 4.69) is 26.4 Å². The fraction of sp³-hybridized carbons (Fsp3) is 0.438. The summed E-state index contributed by atoms with van der Waals surface area (Å²) in [6, 6.07) is 2.25. The largest absolute Gasteiger partial charge is 0.459 e. The van der Waals surface area contributed by atoms with E-state index in [0.717, 1.165) is 24.9 Å². The number of nitrogens with zero attached hydrogens (tertiary/aromatic N) is 5. The van der Waals surface area contributed by atoms with Crippen LogP contribution in [0.15, 0.2) is 33.6 Å². The standard InChI is InChI=1S/C16H19N5O2/c1-11-5-7-22-15(11)16-19-18-14(23-16)10-21-6-3-4-13(21)12-8-17-20(2)9-12/h5,7-9,13H,3-4,6,10H2,1-2H3. The molecule has 1 unspecified atom stereocenters. The van der Waals surface area contributed by atoms with Gasteiger partial charge in [0.25, 0.3) is 5.89 Å². The van der Waals surface area contributed by atoms with Crippen molar-refractivity contribution in [3.05, 3.63) is 41.7 Å². The van der Waals surface area contributed by atoms with Crippen LogP contribution in [0.2, 0.25) is 0 Å². The molecule has 0 radical (unpaired) electrons. The molecule has 4 rings (SSSR count). The number of aryl methyl sites for hydroxylation is 2. The van der Waals surface area contributed by atoms with E-state index in [1.54, 1.807) is 6.26 Å². The molecule has 0 aliphatic carbocycles. The Balaban J connectivity index is 1.51. The second kappa shape index (κ2) is 5.66. The molecule has 7 heteroatoms. The van der Waals surface area contributed by atoms with Crippen molar-refractivity contribution in [2.75, 3.05) is 6.54 Å². The minimum absolute atomic E-state index is 0.365. The van der Waals surface area contributed by atoms with Crippen molar-refractivity contribution in [2.45, 2.75) is 32.4 Å². The Kier molecular flexibility index (Phi) is 3.49. The van der Waals surface area contributed by atoms with E-state index < -0.39 is 0 Å². The zero-order valence-electron chi connectivity index (χ0n) is 13.3. The molecule has 4 heterocycles. The normalized spacial score (nSPS) is 18.8.